The monoisotopic (exact) mass is 337 g/mol. The molecule has 0 radical (unpaired) electrons. The SMILES string of the molecule is CCOC(=O)C(N[C@H](c1ccccc1)[C@@H](O)C(=O)OCC)C(C)C. The molecule has 0 aliphatic heterocycles. The van der Waals surface area contributed by atoms with E-state index in [1.165, 1.54) is 0 Å². The molecule has 1 aromatic carbocycles. The van der Waals surface area contributed by atoms with Crippen LogP contribution < -0.4 is 5.32 Å². The molecular formula is C18H27NO5. The lowest BCUT2D eigenvalue weighted by Gasteiger charge is -2.29. The molecule has 2 N–H and O–H groups in total. The van der Waals surface area contributed by atoms with Crippen LogP contribution >= 0.6 is 0 Å². The number of esters is 2. The van der Waals surface area contributed by atoms with Crippen molar-refractivity contribution in [3.63, 3.8) is 0 Å². The zero-order valence-electron chi connectivity index (χ0n) is 14.7. The molecule has 0 spiro atoms. The van der Waals surface area contributed by atoms with Gasteiger partial charge >= 0.3 is 11.9 Å². The van der Waals surface area contributed by atoms with E-state index in [9.17, 15) is 14.7 Å². The van der Waals surface area contributed by atoms with Crippen molar-refractivity contribution < 1.29 is 24.2 Å². The summed E-state index contributed by atoms with van der Waals surface area (Å²) in [5, 5.41) is 13.5. The van der Waals surface area contributed by atoms with Gasteiger partial charge in [0.15, 0.2) is 6.10 Å². The lowest BCUT2D eigenvalue weighted by atomic mass is 9.97. The predicted molar refractivity (Wildman–Crippen MR) is 90.2 cm³/mol. The lowest BCUT2D eigenvalue weighted by molar-refractivity contribution is -0.156. The molecule has 6 nitrogen and oxygen atoms in total. The number of rotatable bonds is 9. The Labute approximate surface area is 143 Å². The Bertz CT molecular complexity index is 517. The Kier molecular flexibility index (Phi) is 8.43. The smallest absolute Gasteiger partial charge is 0.336 e. The second-order valence-electron chi connectivity index (χ2n) is 5.73. The number of benzene rings is 1. The van der Waals surface area contributed by atoms with E-state index in [2.05, 4.69) is 5.32 Å². The maximum absolute atomic E-state index is 12.2. The average molecular weight is 337 g/mol. The summed E-state index contributed by atoms with van der Waals surface area (Å²) in [5.74, 6) is -1.22. The third-order valence-corrected chi connectivity index (χ3v) is 3.57. The zero-order valence-corrected chi connectivity index (χ0v) is 14.7. The fourth-order valence-electron chi connectivity index (χ4n) is 2.35. The molecule has 1 aromatic rings. The van der Waals surface area contributed by atoms with Crippen LogP contribution in [0.2, 0.25) is 0 Å². The second kappa shape index (κ2) is 10.1. The molecule has 0 aliphatic carbocycles. The Morgan fingerprint density at radius 1 is 1.04 bits per heavy atom. The van der Waals surface area contributed by atoms with Crippen LogP contribution in [0.3, 0.4) is 0 Å². The average Bonchev–Trinajstić information content (AvgIpc) is 2.56. The topological polar surface area (TPSA) is 84.9 Å². The number of hydrogen-bond acceptors (Lipinski definition) is 6. The highest BCUT2D eigenvalue weighted by molar-refractivity contribution is 5.78. The molecule has 1 unspecified atom stereocenters. The number of carbonyl (C=O) groups is 2. The largest absolute Gasteiger partial charge is 0.465 e. The van der Waals surface area contributed by atoms with Gasteiger partial charge in [-0.15, -0.1) is 0 Å². The quantitative estimate of drug-likeness (QED) is 0.669. The van der Waals surface area contributed by atoms with Crippen LogP contribution in [0.15, 0.2) is 30.3 Å². The van der Waals surface area contributed by atoms with Gasteiger partial charge in [0.2, 0.25) is 0 Å². The minimum Gasteiger partial charge on any atom is -0.465 e. The normalized spacial score (nSPS) is 14.8. The highest BCUT2D eigenvalue weighted by Gasteiger charge is 2.34. The first-order valence-electron chi connectivity index (χ1n) is 8.24. The number of aliphatic hydroxyl groups excluding tert-OH is 1. The van der Waals surface area contributed by atoms with Crippen molar-refractivity contribution in [1.29, 1.82) is 0 Å². The number of hydrogen-bond donors (Lipinski definition) is 2. The van der Waals surface area contributed by atoms with Crippen LogP contribution in [-0.4, -0.2) is 42.4 Å². The first kappa shape index (κ1) is 20.1. The molecule has 3 atom stereocenters. The summed E-state index contributed by atoms with van der Waals surface area (Å²) in [6.45, 7) is 7.58. The van der Waals surface area contributed by atoms with Gasteiger partial charge in [0, 0.05) is 0 Å². The number of ether oxygens (including phenoxy) is 2. The summed E-state index contributed by atoms with van der Waals surface area (Å²) < 4.78 is 10.0. The van der Waals surface area contributed by atoms with Crippen molar-refractivity contribution >= 4 is 11.9 Å². The van der Waals surface area contributed by atoms with E-state index in [1.807, 2.05) is 19.9 Å². The summed E-state index contributed by atoms with van der Waals surface area (Å²) in [5.41, 5.74) is 0.688. The molecule has 6 heteroatoms. The van der Waals surface area contributed by atoms with E-state index in [-0.39, 0.29) is 19.1 Å². The first-order chi connectivity index (χ1) is 11.4. The standard InChI is InChI=1S/C18H27NO5/c1-5-23-17(21)14(12(3)4)19-15(13-10-8-7-9-11-13)16(20)18(22)24-6-2/h7-12,14-16,19-20H,5-6H2,1-4H3/t14?,15-,16-/m1/s1. The molecular weight excluding hydrogens is 310 g/mol. The van der Waals surface area contributed by atoms with Crippen LogP contribution in [0.4, 0.5) is 0 Å². The zero-order chi connectivity index (χ0) is 18.1. The van der Waals surface area contributed by atoms with Crippen molar-refractivity contribution in [1.82, 2.24) is 5.32 Å². The molecule has 0 saturated carbocycles. The summed E-state index contributed by atoms with van der Waals surface area (Å²) in [6.07, 6.45) is -1.43. The van der Waals surface area contributed by atoms with Crippen LogP contribution in [0.5, 0.6) is 0 Å². The van der Waals surface area contributed by atoms with Gasteiger partial charge in [-0.3, -0.25) is 10.1 Å². The minimum atomic E-state index is -1.43. The summed E-state index contributed by atoms with van der Waals surface area (Å²) in [6, 6.07) is 7.57. The van der Waals surface area contributed by atoms with E-state index in [0.29, 0.717) is 5.56 Å². The van der Waals surface area contributed by atoms with Crippen LogP contribution in [0.25, 0.3) is 0 Å². The fourth-order valence-corrected chi connectivity index (χ4v) is 2.35. The second-order valence-corrected chi connectivity index (χ2v) is 5.73. The van der Waals surface area contributed by atoms with Crippen LogP contribution in [-0.2, 0) is 19.1 Å². The van der Waals surface area contributed by atoms with Crippen LogP contribution in [0.1, 0.15) is 39.3 Å². The predicted octanol–water partition coefficient (Wildman–Crippen LogP) is 1.83. The molecule has 0 aliphatic rings. The summed E-state index contributed by atoms with van der Waals surface area (Å²) in [4.78, 5) is 24.2. The third-order valence-electron chi connectivity index (χ3n) is 3.57. The summed E-state index contributed by atoms with van der Waals surface area (Å²) >= 11 is 0. The highest BCUT2D eigenvalue weighted by atomic mass is 16.5. The van der Waals surface area contributed by atoms with Crippen molar-refractivity contribution in [2.24, 2.45) is 5.92 Å². The van der Waals surface area contributed by atoms with Crippen molar-refractivity contribution in [2.45, 2.75) is 45.9 Å². The van der Waals surface area contributed by atoms with Gasteiger partial charge < -0.3 is 14.6 Å². The Balaban J connectivity index is 3.08. The van der Waals surface area contributed by atoms with Gasteiger partial charge in [0.25, 0.3) is 0 Å². The number of aliphatic hydroxyl groups is 1. The highest BCUT2D eigenvalue weighted by Crippen LogP contribution is 2.21. The molecule has 1 rings (SSSR count). The lowest BCUT2D eigenvalue weighted by Crippen LogP contribution is -2.49. The van der Waals surface area contributed by atoms with Gasteiger partial charge in [0.05, 0.1) is 19.3 Å². The van der Waals surface area contributed by atoms with Crippen molar-refractivity contribution in [3.05, 3.63) is 35.9 Å². The maximum Gasteiger partial charge on any atom is 0.336 e. The van der Waals surface area contributed by atoms with Gasteiger partial charge in [-0.05, 0) is 25.3 Å². The van der Waals surface area contributed by atoms with E-state index < -0.39 is 30.1 Å². The fraction of sp³-hybridized carbons (Fsp3) is 0.556. The van der Waals surface area contributed by atoms with E-state index >= 15 is 0 Å². The van der Waals surface area contributed by atoms with E-state index in [4.69, 9.17) is 9.47 Å². The van der Waals surface area contributed by atoms with Gasteiger partial charge in [-0.1, -0.05) is 44.2 Å². The molecule has 0 aromatic heterocycles. The summed E-state index contributed by atoms with van der Waals surface area (Å²) in [7, 11) is 0. The third kappa shape index (κ3) is 5.62. The number of carbonyl (C=O) groups excluding carboxylic acids is 2. The van der Waals surface area contributed by atoms with Crippen LogP contribution in [0, 0.1) is 5.92 Å². The Hall–Kier alpha value is -1.92. The van der Waals surface area contributed by atoms with Gasteiger partial charge in [0.1, 0.15) is 6.04 Å². The molecule has 0 amide bonds. The van der Waals surface area contributed by atoms with E-state index in [0.717, 1.165) is 0 Å². The molecule has 0 bridgehead atoms. The molecule has 134 valence electrons. The van der Waals surface area contributed by atoms with Gasteiger partial charge in [-0.25, -0.2) is 4.79 Å². The Morgan fingerprint density at radius 3 is 2.08 bits per heavy atom. The first-order valence-corrected chi connectivity index (χ1v) is 8.24. The minimum absolute atomic E-state index is 0.0790. The molecule has 0 saturated heterocycles. The molecule has 0 fully saturated rings. The van der Waals surface area contributed by atoms with Crippen molar-refractivity contribution in [3.8, 4) is 0 Å². The maximum atomic E-state index is 12.2. The molecule has 24 heavy (non-hydrogen) atoms. The number of nitrogens with one attached hydrogen (secondary N) is 1. The van der Waals surface area contributed by atoms with E-state index in [1.54, 1.807) is 38.1 Å². The van der Waals surface area contributed by atoms with Gasteiger partial charge in [-0.2, -0.15) is 0 Å². The Morgan fingerprint density at radius 2 is 1.58 bits per heavy atom. The van der Waals surface area contributed by atoms with Crippen molar-refractivity contribution in [2.75, 3.05) is 13.2 Å². The molecule has 0 heterocycles.